The Labute approximate surface area is 202 Å². The number of halogens is 1. The summed E-state index contributed by atoms with van der Waals surface area (Å²) in [6, 6.07) is 16.3. The number of nitrogens with zero attached hydrogens (tertiary/aromatic N) is 2. The molecule has 1 amide bonds. The average molecular weight is 540 g/mol. The second-order valence-electron chi connectivity index (χ2n) is 7.44. The van der Waals surface area contributed by atoms with Crippen molar-refractivity contribution in [3.05, 3.63) is 60.2 Å². The molecule has 0 aromatic heterocycles. The molecular weight excluding hydrogens is 507 g/mol. The average Bonchev–Trinajstić information content (AvgIpc) is 2.79. The number of likely N-dealkylation sites (N-methyl/N-ethyl adjacent to an activating group) is 1. The molecule has 6 nitrogen and oxygen atoms in total. The number of para-hydroxylation sites is 2. The normalized spacial score (nSPS) is 10.7. The minimum absolute atomic E-state index is 0. The second kappa shape index (κ2) is 13.3. The number of rotatable bonds is 11. The molecular formula is C24H33IN2O4. The summed E-state index contributed by atoms with van der Waals surface area (Å²) in [5.41, 5.74) is 1.18. The second-order valence-corrected chi connectivity index (χ2v) is 7.44. The minimum Gasteiger partial charge on any atom is -1.00 e. The van der Waals surface area contributed by atoms with E-state index in [4.69, 9.17) is 9.47 Å². The number of amides is 1. The van der Waals surface area contributed by atoms with E-state index in [-0.39, 0.29) is 48.8 Å². The zero-order valence-corrected chi connectivity index (χ0v) is 21.0. The molecule has 0 unspecified atom stereocenters. The van der Waals surface area contributed by atoms with Gasteiger partial charge in [0.1, 0.15) is 18.9 Å². The molecule has 170 valence electrons. The lowest BCUT2D eigenvalue weighted by molar-refractivity contribution is -0.906. The van der Waals surface area contributed by atoms with E-state index in [1.807, 2.05) is 36.4 Å². The highest BCUT2D eigenvalue weighted by Gasteiger charge is 2.22. The van der Waals surface area contributed by atoms with Gasteiger partial charge in [-0.1, -0.05) is 30.3 Å². The van der Waals surface area contributed by atoms with Crippen molar-refractivity contribution in [3.8, 4) is 5.75 Å². The van der Waals surface area contributed by atoms with Crippen LogP contribution in [0.5, 0.6) is 5.75 Å². The summed E-state index contributed by atoms with van der Waals surface area (Å²) >= 11 is 0. The number of anilines is 1. The van der Waals surface area contributed by atoms with Gasteiger partial charge in [-0.2, -0.15) is 0 Å². The number of carbonyl (C=O) groups is 2. The van der Waals surface area contributed by atoms with Crippen molar-refractivity contribution in [1.82, 2.24) is 0 Å². The number of carbonyl (C=O) groups excluding carboxylic acids is 2. The van der Waals surface area contributed by atoms with Crippen LogP contribution in [-0.4, -0.2) is 63.3 Å². The lowest BCUT2D eigenvalue weighted by atomic mass is 10.1. The lowest BCUT2D eigenvalue weighted by Crippen LogP contribution is -3.00. The Bertz CT molecular complexity index is 825. The van der Waals surface area contributed by atoms with Crippen LogP contribution in [0.2, 0.25) is 0 Å². The third-order valence-corrected chi connectivity index (χ3v) is 5.60. The third-order valence-electron chi connectivity index (χ3n) is 5.60. The van der Waals surface area contributed by atoms with Gasteiger partial charge in [0, 0.05) is 12.1 Å². The monoisotopic (exact) mass is 540 g/mol. The Kier molecular flexibility index (Phi) is 11.6. The van der Waals surface area contributed by atoms with Crippen molar-refractivity contribution in [1.29, 1.82) is 0 Å². The van der Waals surface area contributed by atoms with Gasteiger partial charge >= 0.3 is 5.97 Å². The molecule has 0 N–H and O–H groups in total. The number of quaternary nitrogens is 1. The Hall–Kier alpha value is -2.13. The molecule has 0 saturated heterocycles. The molecule has 0 heterocycles. The number of ether oxygens (including phenoxy) is 2. The maximum Gasteiger partial charge on any atom is 0.307 e. The molecule has 7 heteroatoms. The minimum atomic E-state index is -0.311. The molecule has 2 aromatic carbocycles. The first kappa shape index (κ1) is 26.9. The smallest absolute Gasteiger partial charge is 0.307 e. The van der Waals surface area contributed by atoms with Crippen molar-refractivity contribution in [2.24, 2.45) is 0 Å². The summed E-state index contributed by atoms with van der Waals surface area (Å²) < 4.78 is 11.7. The van der Waals surface area contributed by atoms with Gasteiger partial charge in [0.2, 0.25) is 0 Å². The van der Waals surface area contributed by atoms with Crippen molar-refractivity contribution >= 4 is 17.6 Å². The first-order valence-corrected chi connectivity index (χ1v) is 10.4. The molecule has 0 bridgehead atoms. The highest BCUT2D eigenvalue weighted by atomic mass is 127. The van der Waals surface area contributed by atoms with E-state index < -0.39 is 0 Å². The topological polar surface area (TPSA) is 55.8 Å². The van der Waals surface area contributed by atoms with E-state index in [2.05, 4.69) is 20.9 Å². The Morgan fingerprint density at radius 3 is 2.19 bits per heavy atom. The van der Waals surface area contributed by atoms with Crippen LogP contribution in [0.1, 0.15) is 30.6 Å². The van der Waals surface area contributed by atoms with E-state index in [0.29, 0.717) is 23.6 Å². The molecule has 31 heavy (non-hydrogen) atoms. The van der Waals surface area contributed by atoms with Crippen LogP contribution in [0.4, 0.5) is 5.69 Å². The summed E-state index contributed by atoms with van der Waals surface area (Å²) in [6.45, 7) is 7.59. The maximum absolute atomic E-state index is 13.2. The van der Waals surface area contributed by atoms with E-state index in [0.717, 1.165) is 24.1 Å². The van der Waals surface area contributed by atoms with E-state index >= 15 is 0 Å². The van der Waals surface area contributed by atoms with Gasteiger partial charge in [0.05, 0.1) is 39.4 Å². The molecule has 0 saturated carbocycles. The fourth-order valence-electron chi connectivity index (χ4n) is 3.12. The number of benzene rings is 2. The highest BCUT2D eigenvalue weighted by molar-refractivity contribution is 6.07. The number of hydrogen-bond donors (Lipinski definition) is 0. The standard InChI is InChI=1S/C24H33N2O4.HI/c1-5-26(3,6-2)18-19-30-23(27)16-17-25(21-14-10-11-15-22(21)29-4)24(28)20-12-8-7-9-13-20;/h7-15H,5-6,16-19H2,1-4H3;1H/q+1;/p-1. The Morgan fingerprint density at radius 2 is 1.58 bits per heavy atom. The highest BCUT2D eigenvalue weighted by Crippen LogP contribution is 2.29. The summed E-state index contributed by atoms with van der Waals surface area (Å²) in [5, 5.41) is 0. The van der Waals surface area contributed by atoms with Crippen LogP contribution >= 0.6 is 0 Å². The van der Waals surface area contributed by atoms with E-state index in [1.54, 1.807) is 30.2 Å². The predicted octanol–water partition coefficient (Wildman–Crippen LogP) is 0.766. The number of esters is 1. The number of methoxy groups -OCH3 is 1. The quantitative estimate of drug-likeness (QED) is 0.240. The zero-order valence-electron chi connectivity index (χ0n) is 18.8. The van der Waals surface area contributed by atoms with Gasteiger partial charge < -0.3 is 42.8 Å². The van der Waals surface area contributed by atoms with Gasteiger partial charge in [-0.15, -0.1) is 0 Å². The molecule has 0 fully saturated rings. The first-order chi connectivity index (χ1) is 14.4. The van der Waals surface area contributed by atoms with Crippen molar-refractivity contribution in [2.75, 3.05) is 51.8 Å². The molecule has 0 aliphatic heterocycles. The Balaban J connectivity index is 0.00000480. The first-order valence-electron chi connectivity index (χ1n) is 10.4. The summed E-state index contributed by atoms with van der Waals surface area (Å²) in [5.74, 6) is 0.0812. The summed E-state index contributed by atoms with van der Waals surface area (Å²) in [6.07, 6.45) is 0.110. The molecule has 2 aromatic rings. The van der Waals surface area contributed by atoms with Crippen LogP contribution in [0, 0.1) is 0 Å². The van der Waals surface area contributed by atoms with Gasteiger partial charge in [-0.25, -0.2) is 0 Å². The van der Waals surface area contributed by atoms with Crippen molar-refractivity contribution < 1.29 is 47.5 Å². The summed E-state index contributed by atoms with van der Waals surface area (Å²) in [4.78, 5) is 27.1. The fraction of sp³-hybridized carbons (Fsp3) is 0.417. The van der Waals surface area contributed by atoms with E-state index in [9.17, 15) is 9.59 Å². The van der Waals surface area contributed by atoms with Gasteiger partial charge in [-0.05, 0) is 38.1 Å². The van der Waals surface area contributed by atoms with Crippen molar-refractivity contribution in [2.45, 2.75) is 20.3 Å². The number of hydrogen-bond acceptors (Lipinski definition) is 4. The molecule has 2 rings (SSSR count). The molecule has 0 aliphatic carbocycles. The van der Waals surface area contributed by atoms with Gasteiger partial charge in [-0.3, -0.25) is 9.59 Å². The largest absolute Gasteiger partial charge is 1.00 e. The van der Waals surface area contributed by atoms with Gasteiger partial charge in [0.15, 0.2) is 0 Å². The van der Waals surface area contributed by atoms with Crippen LogP contribution in [0.25, 0.3) is 0 Å². The maximum atomic E-state index is 13.2. The fourth-order valence-corrected chi connectivity index (χ4v) is 3.12. The molecule has 0 spiro atoms. The Morgan fingerprint density at radius 1 is 0.968 bits per heavy atom. The zero-order chi connectivity index (χ0) is 22.0. The van der Waals surface area contributed by atoms with Gasteiger partial charge in [0.25, 0.3) is 5.91 Å². The van der Waals surface area contributed by atoms with Crippen LogP contribution < -0.4 is 33.6 Å². The van der Waals surface area contributed by atoms with Crippen LogP contribution in [0.15, 0.2) is 54.6 Å². The van der Waals surface area contributed by atoms with Crippen LogP contribution in [-0.2, 0) is 9.53 Å². The van der Waals surface area contributed by atoms with E-state index in [1.165, 1.54) is 0 Å². The van der Waals surface area contributed by atoms with Crippen molar-refractivity contribution in [3.63, 3.8) is 0 Å². The molecule has 0 radical (unpaired) electrons. The molecule has 0 atom stereocenters. The predicted molar refractivity (Wildman–Crippen MR) is 119 cm³/mol. The summed E-state index contributed by atoms with van der Waals surface area (Å²) in [7, 11) is 3.71. The van der Waals surface area contributed by atoms with Crippen LogP contribution in [0.3, 0.4) is 0 Å². The third kappa shape index (κ3) is 7.81. The molecule has 0 aliphatic rings. The SMILES string of the molecule is CC[N+](C)(CC)CCOC(=O)CCN(C(=O)c1ccccc1)c1ccccc1OC.[I-]. The lowest BCUT2D eigenvalue weighted by Gasteiger charge is -2.31.